The number of rotatable bonds is 5. The summed E-state index contributed by atoms with van der Waals surface area (Å²) in [6.07, 6.45) is 3.16. The van der Waals surface area contributed by atoms with Gasteiger partial charge in [-0.3, -0.25) is 0 Å². The molecule has 0 radical (unpaired) electrons. The number of hydrogen-bond acceptors (Lipinski definition) is 4. The normalized spacial score (nSPS) is 19.8. The van der Waals surface area contributed by atoms with E-state index in [1.54, 1.807) is 7.11 Å². The minimum Gasteiger partial charge on any atom is -0.497 e. The van der Waals surface area contributed by atoms with Crippen LogP contribution in [-0.4, -0.2) is 31.8 Å². The van der Waals surface area contributed by atoms with Crippen LogP contribution in [0.2, 0.25) is 0 Å². The van der Waals surface area contributed by atoms with Gasteiger partial charge in [0.15, 0.2) is 0 Å². The van der Waals surface area contributed by atoms with Gasteiger partial charge in [0.1, 0.15) is 11.5 Å². The van der Waals surface area contributed by atoms with Gasteiger partial charge in [-0.2, -0.15) is 11.8 Å². The van der Waals surface area contributed by atoms with Crippen molar-refractivity contribution >= 4 is 11.8 Å². The first-order chi connectivity index (χ1) is 8.74. The van der Waals surface area contributed by atoms with E-state index in [2.05, 4.69) is 24.6 Å². The highest BCUT2D eigenvalue weighted by Gasteiger charge is 2.22. The zero-order valence-electron chi connectivity index (χ0n) is 11.2. The van der Waals surface area contributed by atoms with Gasteiger partial charge in [-0.1, -0.05) is 6.92 Å². The smallest absolute Gasteiger partial charge is 0.124 e. The fourth-order valence-electron chi connectivity index (χ4n) is 2.10. The molecule has 4 heteroatoms. The van der Waals surface area contributed by atoms with Crippen LogP contribution < -0.4 is 14.8 Å². The SMILES string of the molecule is COc1ccc2c(c1)C(NCC(C)SC)CCO2. The fraction of sp³-hybridized carbons (Fsp3) is 0.571. The van der Waals surface area contributed by atoms with Gasteiger partial charge in [0.05, 0.1) is 13.7 Å². The summed E-state index contributed by atoms with van der Waals surface area (Å²) < 4.78 is 11.0. The van der Waals surface area contributed by atoms with E-state index < -0.39 is 0 Å². The van der Waals surface area contributed by atoms with Crippen LogP contribution in [0.5, 0.6) is 11.5 Å². The van der Waals surface area contributed by atoms with Gasteiger partial charge in [0, 0.05) is 29.8 Å². The highest BCUT2D eigenvalue weighted by atomic mass is 32.2. The molecule has 1 heterocycles. The molecule has 2 atom stereocenters. The van der Waals surface area contributed by atoms with Crippen LogP contribution in [0.1, 0.15) is 24.9 Å². The third kappa shape index (κ3) is 3.12. The van der Waals surface area contributed by atoms with Crippen molar-refractivity contribution in [2.24, 2.45) is 0 Å². The molecule has 0 amide bonds. The molecule has 3 nitrogen and oxygen atoms in total. The van der Waals surface area contributed by atoms with E-state index >= 15 is 0 Å². The number of nitrogens with one attached hydrogen (secondary N) is 1. The zero-order chi connectivity index (χ0) is 13.0. The molecule has 0 aromatic heterocycles. The lowest BCUT2D eigenvalue weighted by Crippen LogP contribution is -2.31. The summed E-state index contributed by atoms with van der Waals surface area (Å²) in [7, 11) is 1.70. The second-order valence-electron chi connectivity index (χ2n) is 4.55. The third-order valence-corrected chi connectivity index (χ3v) is 4.28. The maximum absolute atomic E-state index is 5.69. The molecule has 100 valence electrons. The van der Waals surface area contributed by atoms with Crippen molar-refractivity contribution < 1.29 is 9.47 Å². The molecular weight excluding hydrogens is 246 g/mol. The summed E-state index contributed by atoms with van der Waals surface area (Å²) in [5.41, 5.74) is 1.22. The Morgan fingerprint density at radius 1 is 1.56 bits per heavy atom. The van der Waals surface area contributed by atoms with Gasteiger partial charge in [-0.15, -0.1) is 0 Å². The second-order valence-corrected chi connectivity index (χ2v) is 5.82. The van der Waals surface area contributed by atoms with Crippen molar-refractivity contribution in [1.29, 1.82) is 0 Å². The average molecular weight is 267 g/mol. The molecule has 2 unspecified atom stereocenters. The maximum Gasteiger partial charge on any atom is 0.124 e. The first-order valence-electron chi connectivity index (χ1n) is 6.31. The standard InChI is InChI=1S/C14H21NO2S/c1-10(18-3)9-15-13-6-7-17-14-5-4-11(16-2)8-12(13)14/h4-5,8,10,13,15H,6-7,9H2,1-3H3. The minimum atomic E-state index is 0.374. The summed E-state index contributed by atoms with van der Waals surface area (Å²) >= 11 is 1.88. The van der Waals surface area contributed by atoms with E-state index in [0.717, 1.165) is 31.1 Å². The first-order valence-corrected chi connectivity index (χ1v) is 7.60. The summed E-state index contributed by atoms with van der Waals surface area (Å²) in [5, 5.41) is 4.25. The van der Waals surface area contributed by atoms with Gasteiger partial charge >= 0.3 is 0 Å². The Labute approximate surface area is 113 Å². The number of fused-ring (bicyclic) bond motifs is 1. The third-order valence-electron chi connectivity index (χ3n) is 3.31. The molecule has 0 spiro atoms. The summed E-state index contributed by atoms with van der Waals surface area (Å²) in [6, 6.07) is 6.40. The second kappa shape index (κ2) is 6.34. The van der Waals surface area contributed by atoms with Gasteiger partial charge < -0.3 is 14.8 Å². The van der Waals surface area contributed by atoms with Crippen molar-refractivity contribution in [2.45, 2.75) is 24.6 Å². The summed E-state index contributed by atoms with van der Waals surface area (Å²) in [6.45, 7) is 4.04. The molecule has 1 N–H and O–H groups in total. The van der Waals surface area contributed by atoms with E-state index in [1.165, 1.54) is 5.56 Å². The monoisotopic (exact) mass is 267 g/mol. The Kier molecular flexibility index (Phi) is 4.78. The van der Waals surface area contributed by atoms with Crippen molar-refractivity contribution in [1.82, 2.24) is 5.32 Å². The number of ether oxygens (including phenoxy) is 2. The molecule has 0 aliphatic carbocycles. The molecule has 0 fully saturated rings. The molecule has 2 rings (SSSR count). The predicted octanol–water partition coefficient (Wildman–Crippen LogP) is 2.86. The van der Waals surface area contributed by atoms with Crippen LogP contribution in [-0.2, 0) is 0 Å². The number of hydrogen-bond donors (Lipinski definition) is 1. The fourth-order valence-corrected chi connectivity index (χ4v) is 2.37. The van der Waals surface area contributed by atoms with Gasteiger partial charge in [0.2, 0.25) is 0 Å². The highest BCUT2D eigenvalue weighted by Crippen LogP contribution is 2.34. The Hall–Kier alpha value is -0.870. The minimum absolute atomic E-state index is 0.374. The van der Waals surface area contributed by atoms with Crippen LogP contribution in [0.4, 0.5) is 0 Å². The molecule has 1 aliphatic rings. The highest BCUT2D eigenvalue weighted by molar-refractivity contribution is 7.99. The molecule has 1 aromatic rings. The lowest BCUT2D eigenvalue weighted by atomic mass is 10.00. The largest absolute Gasteiger partial charge is 0.497 e. The van der Waals surface area contributed by atoms with E-state index in [1.807, 2.05) is 23.9 Å². The van der Waals surface area contributed by atoms with Crippen LogP contribution >= 0.6 is 11.8 Å². The number of thioether (sulfide) groups is 1. The van der Waals surface area contributed by atoms with Crippen LogP contribution in [0.15, 0.2) is 18.2 Å². The number of methoxy groups -OCH3 is 1. The molecule has 0 saturated carbocycles. The van der Waals surface area contributed by atoms with E-state index in [4.69, 9.17) is 9.47 Å². The molecule has 18 heavy (non-hydrogen) atoms. The van der Waals surface area contributed by atoms with Crippen LogP contribution in [0.25, 0.3) is 0 Å². The molecule has 0 bridgehead atoms. The molecule has 1 aliphatic heterocycles. The van der Waals surface area contributed by atoms with Crippen molar-refractivity contribution in [3.05, 3.63) is 23.8 Å². The van der Waals surface area contributed by atoms with Crippen molar-refractivity contribution in [2.75, 3.05) is 26.5 Å². The predicted molar refractivity (Wildman–Crippen MR) is 76.8 cm³/mol. The van der Waals surface area contributed by atoms with Crippen LogP contribution in [0.3, 0.4) is 0 Å². The first kappa shape index (κ1) is 13.6. The van der Waals surface area contributed by atoms with Gasteiger partial charge in [-0.25, -0.2) is 0 Å². The lowest BCUT2D eigenvalue weighted by Gasteiger charge is -2.28. The Morgan fingerprint density at radius 2 is 2.39 bits per heavy atom. The van der Waals surface area contributed by atoms with Gasteiger partial charge in [-0.05, 0) is 24.5 Å². The Balaban J connectivity index is 2.10. The van der Waals surface area contributed by atoms with Crippen LogP contribution in [0, 0.1) is 0 Å². The molecule has 0 saturated heterocycles. The lowest BCUT2D eigenvalue weighted by molar-refractivity contribution is 0.252. The quantitative estimate of drug-likeness (QED) is 0.888. The maximum atomic E-state index is 5.69. The average Bonchev–Trinajstić information content (AvgIpc) is 2.43. The van der Waals surface area contributed by atoms with Gasteiger partial charge in [0.25, 0.3) is 0 Å². The molecular formula is C14H21NO2S. The number of benzene rings is 1. The van der Waals surface area contributed by atoms with Crippen molar-refractivity contribution in [3.8, 4) is 11.5 Å². The van der Waals surface area contributed by atoms with Crippen molar-refractivity contribution in [3.63, 3.8) is 0 Å². The van der Waals surface area contributed by atoms with E-state index in [9.17, 15) is 0 Å². The summed E-state index contributed by atoms with van der Waals surface area (Å²) in [5.74, 6) is 1.88. The van der Waals surface area contributed by atoms with E-state index in [0.29, 0.717) is 11.3 Å². The van der Waals surface area contributed by atoms with E-state index in [-0.39, 0.29) is 0 Å². The Bertz CT molecular complexity index is 397. The Morgan fingerprint density at radius 3 is 3.11 bits per heavy atom. The molecule has 1 aromatic carbocycles. The summed E-state index contributed by atoms with van der Waals surface area (Å²) in [4.78, 5) is 0. The topological polar surface area (TPSA) is 30.5 Å². The zero-order valence-corrected chi connectivity index (χ0v) is 12.0.